The van der Waals surface area contributed by atoms with E-state index in [0.29, 0.717) is 0 Å². The maximum absolute atomic E-state index is 9.10. The first kappa shape index (κ1) is 19.3. The molecular weight excluding hydrogens is 306 g/mol. The van der Waals surface area contributed by atoms with Gasteiger partial charge in [0.05, 0.1) is 0 Å². The number of aromatic nitrogens is 2. The van der Waals surface area contributed by atoms with Gasteiger partial charge in [-0.3, -0.25) is 0 Å². The molecule has 0 aliphatic carbocycles. The fourth-order valence-corrected chi connectivity index (χ4v) is 0.983. The molecule has 0 atom stereocenters. The second-order valence-electron chi connectivity index (χ2n) is 2.87. The molecule has 19 heavy (non-hydrogen) atoms. The molecule has 6 N–H and O–H groups in total. The summed E-state index contributed by atoms with van der Waals surface area (Å²) in [6.45, 7) is 0.756. The third kappa shape index (κ3) is 7.04. The van der Waals surface area contributed by atoms with Crippen molar-refractivity contribution in [3.05, 3.63) is 41.8 Å². The standard InChI is InChI=1S/C8H8N3.C2H2O4.Cu.H2O/c1-2-4-9-7(3-1)8-10-5-6-11-8;3-1(4)2(5)6;;/h1-3,5-6H,4H2,(H,10,11);(H,3,4)(H,5,6);;1H2/q-1;;+1;/p+1. The van der Waals surface area contributed by atoms with E-state index in [9.17, 15) is 0 Å². The molecule has 8 nitrogen and oxygen atoms in total. The molecule has 1 aliphatic rings. The number of rotatable bonds is 1. The zero-order valence-electron chi connectivity index (χ0n) is 9.58. The number of nitrogens with one attached hydrogen (secondary N) is 1. The monoisotopic (exact) mass is 318 g/mol. The molecule has 1 aromatic rings. The van der Waals surface area contributed by atoms with Gasteiger partial charge in [0.2, 0.25) is 0 Å². The molecule has 0 aromatic carbocycles. The van der Waals surface area contributed by atoms with Gasteiger partial charge in [0, 0.05) is 12.4 Å². The predicted molar refractivity (Wildman–Crippen MR) is 64.1 cm³/mol. The van der Waals surface area contributed by atoms with Gasteiger partial charge in [-0.2, -0.15) is 0 Å². The third-order valence-corrected chi connectivity index (χ3v) is 1.68. The molecule has 1 aromatic heterocycles. The number of carbonyl (C=O) groups is 2. The average Bonchev–Trinajstić information content (AvgIpc) is 2.84. The first-order valence-electron chi connectivity index (χ1n) is 4.61. The number of allylic oxidation sites excluding steroid dienone is 2. The van der Waals surface area contributed by atoms with E-state index in [1.54, 1.807) is 12.4 Å². The Bertz CT molecular complexity index is 444. The van der Waals surface area contributed by atoms with Crippen LogP contribution < -0.4 is 0 Å². The smallest absolute Gasteiger partial charge is 0.678 e. The van der Waals surface area contributed by atoms with Gasteiger partial charge in [0.25, 0.3) is 0 Å². The molecule has 2 heterocycles. The first-order valence-corrected chi connectivity index (χ1v) is 4.61. The minimum atomic E-state index is -1.82. The van der Waals surface area contributed by atoms with Crippen LogP contribution in [0.2, 0.25) is 0 Å². The largest absolute Gasteiger partial charge is 1.00 e. The maximum atomic E-state index is 9.10. The van der Waals surface area contributed by atoms with Crippen LogP contribution >= 0.6 is 0 Å². The number of H-pyrrole nitrogens is 1. The summed E-state index contributed by atoms with van der Waals surface area (Å²) in [6.07, 6.45) is 9.47. The zero-order valence-corrected chi connectivity index (χ0v) is 10.5. The van der Waals surface area contributed by atoms with E-state index in [2.05, 4.69) is 15.3 Å². The molecular formula is C10H13CuN3O5+. The van der Waals surface area contributed by atoms with Crippen molar-refractivity contribution in [3.8, 4) is 0 Å². The number of hydrogen-bond acceptors (Lipinski definition) is 3. The summed E-state index contributed by atoms with van der Waals surface area (Å²) in [5.41, 5.74) is 0.928. The molecule has 0 saturated carbocycles. The minimum absolute atomic E-state index is 0. The van der Waals surface area contributed by atoms with Crippen molar-refractivity contribution in [1.29, 1.82) is 0 Å². The molecule has 0 radical (unpaired) electrons. The summed E-state index contributed by atoms with van der Waals surface area (Å²) in [7, 11) is 0. The van der Waals surface area contributed by atoms with Crippen molar-refractivity contribution in [2.75, 3.05) is 6.54 Å². The third-order valence-electron chi connectivity index (χ3n) is 1.68. The predicted octanol–water partition coefficient (Wildman–Crippen LogP) is -0.0747. The Balaban J connectivity index is 0. The van der Waals surface area contributed by atoms with Crippen LogP contribution in [0, 0.1) is 0 Å². The molecule has 0 bridgehead atoms. The molecule has 9 heteroatoms. The van der Waals surface area contributed by atoms with Crippen molar-refractivity contribution in [2.45, 2.75) is 0 Å². The summed E-state index contributed by atoms with van der Waals surface area (Å²) < 4.78 is 0. The van der Waals surface area contributed by atoms with Gasteiger partial charge in [-0.1, -0.05) is 17.8 Å². The molecule has 0 spiro atoms. The summed E-state index contributed by atoms with van der Waals surface area (Å²) in [5, 5.41) is 19.0. The van der Waals surface area contributed by atoms with E-state index in [1.807, 2.05) is 18.2 Å². The van der Waals surface area contributed by atoms with Gasteiger partial charge in [-0.15, -0.1) is 12.6 Å². The summed E-state index contributed by atoms with van der Waals surface area (Å²) in [4.78, 5) is 25.3. The Morgan fingerprint density at radius 2 is 1.95 bits per heavy atom. The van der Waals surface area contributed by atoms with Crippen molar-refractivity contribution >= 4 is 17.6 Å². The number of carboxylic acid groups (broad SMARTS) is 2. The number of nitrogens with zero attached hydrogens (tertiary/aromatic N) is 2. The van der Waals surface area contributed by atoms with Gasteiger partial charge in [0.1, 0.15) is 5.82 Å². The van der Waals surface area contributed by atoms with E-state index in [4.69, 9.17) is 19.8 Å². The number of aliphatic carboxylic acids is 2. The van der Waals surface area contributed by atoms with E-state index in [-0.39, 0.29) is 22.5 Å². The van der Waals surface area contributed by atoms with Crippen LogP contribution in [-0.2, 0) is 32.1 Å². The number of hydrogen-bond donors (Lipinski definition) is 3. The zero-order chi connectivity index (χ0) is 12.7. The van der Waals surface area contributed by atoms with E-state index in [0.717, 1.165) is 18.1 Å². The number of aromatic amines is 1. The Labute approximate surface area is 119 Å². The summed E-state index contributed by atoms with van der Waals surface area (Å²) in [6, 6.07) is 0. The van der Waals surface area contributed by atoms with Gasteiger partial charge >= 0.3 is 29.0 Å². The summed E-state index contributed by atoms with van der Waals surface area (Å²) in [5.74, 6) is -2.81. The first-order chi connectivity index (χ1) is 8.11. The average molecular weight is 319 g/mol. The van der Waals surface area contributed by atoms with E-state index < -0.39 is 11.9 Å². The van der Waals surface area contributed by atoms with Crippen LogP contribution in [0.3, 0.4) is 0 Å². The second kappa shape index (κ2) is 9.89. The van der Waals surface area contributed by atoms with Gasteiger partial charge in [0.15, 0.2) is 0 Å². The number of carboxylic acids is 2. The molecule has 108 valence electrons. The molecule has 2 rings (SSSR count). The number of imidazole rings is 1. The van der Waals surface area contributed by atoms with Crippen molar-refractivity contribution in [1.82, 2.24) is 9.97 Å². The normalized spacial score (nSPS) is 11.5. The summed E-state index contributed by atoms with van der Waals surface area (Å²) >= 11 is 0. The maximum Gasteiger partial charge on any atom is 1.00 e. The van der Waals surface area contributed by atoms with Crippen LogP contribution in [0.5, 0.6) is 0 Å². The molecule has 0 fully saturated rings. The fourth-order valence-electron chi connectivity index (χ4n) is 0.983. The van der Waals surface area contributed by atoms with Gasteiger partial charge < -0.3 is 26.0 Å². The topological polar surface area (TPSA) is 150 Å². The van der Waals surface area contributed by atoms with Crippen molar-refractivity contribution < 1.29 is 42.3 Å². The van der Waals surface area contributed by atoms with Crippen molar-refractivity contribution in [2.24, 2.45) is 0 Å². The van der Waals surface area contributed by atoms with Crippen LogP contribution in [0.15, 0.2) is 30.6 Å². The molecule has 0 unspecified atom stereocenters. The molecule has 1 aliphatic heterocycles. The Morgan fingerprint density at radius 1 is 1.32 bits per heavy atom. The molecule has 0 amide bonds. The fraction of sp³-hybridized carbons (Fsp3) is 0.100. The van der Waals surface area contributed by atoms with Crippen molar-refractivity contribution in [3.63, 3.8) is 0 Å². The Morgan fingerprint density at radius 3 is 2.32 bits per heavy atom. The van der Waals surface area contributed by atoms with E-state index >= 15 is 0 Å². The van der Waals surface area contributed by atoms with Gasteiger partial charge in [-0.25, -0.2) is 14.6 Å². The minimum Gasteiger partial charge on any atom is -0.678 e. The van der Waals surface area contributed by atoms with Crippen LogP contribution in [-0.4, -0.2) is 38.7 Å². The SMILES string of the molecule is C1=CC[N-]C(c2ncc[nH]2)=C1.O=C(O)C(=O)O.[Cu+].[OH3+]. The van der Waals surface area contributed by atoms with Crippen LogP contribution in [0.4, 0.5) is 0 Å². The van der Waals surface area contributed by atoms with Gasteiger partial charge in [-0.05, 0) is 0 Å². The quantitative estimate of drug-likeness (QED) is 0.376. The Kier molecular flexibility index (Phi) is 10.0. The van der Waals surface area contributed by atoms with Crippen LogP contribution in [0.25, 0.3) is 11.0 Å². The second-order valence-corrected chi connectivity index (χ2v) is 2.87. The Hall–Kier alpha value is -2.09. The van der Waals surface area contributed by atoms with Crippen LogP contribution in [0.1, 0.15) is 5.82 Å². The molecule has 0 saturated heterocycles. The van der Waals surface area contributed by atoms with E-state index in [1.165, 1.54) is 0 Å².